The third-order valence-electron chi connectivity index (χ3n) is 2.76. The maximum atomic E-state index is 13.1. The monoisotopic (exact) mass is 315 g/mol. The molecule has 2 N–H and O–H groups in total. The molecule has 2 rings (SSSR count). The Hall–Kier alpha value is -1.28. The van der Waals surface area contributed by atoms with Crippen LogP contribution in [0.2, 0.25) is 0 Å². The van der Waals surface area contributed by atoms with Gasteiger partial charge in [0.05, 0.1) is 6.61 Å². The Morgan fingerprint density at radius 3 is 2.75 bits per heavy atom. The van der Waals surface area contributed by atoms with E-state index in [1.54, 1.807) is 18.4 Å². The zero-order valence-electron chi connectivity index (χ0n) is 10.7. The van der Waals surface area contributed by atoms with E-state index in [0.717, 1.165) is 11.3 Å². The average molecular weight is 315 g/mol. The van der Waals surface area contributed by atoms with Crippen LogP contribution in [-0.2, 0) is 16.6 Å². The fraction of sp³-hybridized carbons (Fsp3) is 0.231. The minimum absolute atomic E-state index is 0.129. The van der Waals surface area contributed by atoms with Gasteiger partial charge in [0.15, 0.2) is 0 Å². The van der Waals surface area contributed by atoms with Crippen LogP contribution in [0.4, 0.5) is 4.39 Å². The molecule has 0 radical (unpaired) electrons. The van der Waals surface area contributed by atoms with Gasteiger partial charge in [-0.05, 0) is 41.6 Å². The maximum Gasteiger partial charge on any atom is 0.250 e. The molecule has 7 heteroatoms. The molecule has 0 saturated heterocycles. The standard InChI is InChI=1S/C13H14FNO3S2/c1-9(11-3-2-4-12(14)6-11)15-20(17,18)13-5-10(7-16)8-19-13/h2-6,8-9,15-16H,7H2,1H3. The lowest BCUT2D eigenvalue weighted by atomic mass is 10.1. The van der Waals surface area contributed by atoms with Crippen molar-refractivity contribution in [3.05, 3.63) is 52.7 Å². The summed E-state index contributed by atoms with van der Waals surface area (Å²) in [6, 6.07) is 6.66. The molecule has 0 amide bonds. The molecule has 2 aromatic rings. The number of benzene rings is 1. The summed E-state index contributed by atoms with van der Waals surface area (Å²) < 4.78 is 40.1. The lowest BCUT2D eigenvalue weighted by Gasteiger charge is -2.13. The van der Waals surface area contributed by atoms with Gasteiger partial charge in [-0.2, -0.15) is 0 Å². The largest absolute Gasteiger partial charge is 0.392 e. The smallest absolute Gasteiger partial charge is 0.250 e. The van der Waals surface area contributed by atoms with Crippen LogP contribution in [0.5, 0.6) is 0 Å². The molecule has 0 fully saturated rings. The Kier molecular flexibility index (Phi) is 4.54. The zero-order chi connectivity index (χ0) is 14.8. The molecule has 20 heavy (non-hydrogen) atoms. The molecule has 1 aromatic carbocycles. The first-order chi connectivity index (χ1) is 9.42. The minimum Gasteiger partial charge on any atom is -0.392 e. The van der Waals surface area contributed by atoms with Gasteiger partial charge in [-0.15, -0.1) is 11.3 Å². The van der Waals surface area contributed by atoms with Crippen LogP contribution in [0, 0.1) is 5.82 Å². The van der Waals surface area contributed by atoms with E-state index in [2.05, 4.69) is 4.72 Å². The summed E-state index contributed by atoms with van der Waals surface area (Å²) in [4.78, 5) is 0. The highest BCUT2D eigenvalue weighted by Crippen LogP contribution is 2.23. The molecule has 0 spiro atoms. The Morgan fingerprint density at radius 2 is 2.15 bits per heavy atom. The van der Waals surface area contributed by atoms with Crippen LogP contribution < -0.4 is 4.72 Å². The lowest BCUT2D eigenvalue weighted by Crippen LogP contribution is -2.26. The highest BCUT2D eigenvalue weighted by molar-refractivity contribution is 7.91. The summed E-state index contributed by atoms with van der Waals surface area (Å²) in [6.45, 7) is 1.44. The molecule has 0 saturated carbocycles. The SMILES string of the molecule is CC(NS(=O)(=O)c1cc(CO)cs1)c1cccc(F)c1. The van der Waals surface area contributed by atoms with Crippen molar-refractivity contribution in [3.8, 4) is 0 Å². The van der Waals surface area contributed by atoms with Gasteiger partial charge < -0.3 is 5.11 Å². The van der Waals surface area contributed by atoms with Crippen LogP contribution in [0.15, 0.2) is 39.9 Å². The van der Waals surface area contributed by atoms with Crippen molar-refractivity contribution in [1.29, 1.82) is 0 Å². The van der Waals surface area contributed by atoms with Crippen LogP contribution >= 0.6 is 11.3 Å². The van der Waals surface area contributed by atoms with E-state index in [1.807, 2.05) is 0 Å². The summed E-state index contributed by atoms with van der Waals surface area (Å²) in [6.07, 6.45) is 0. The van der Waals surface area contributed by atoms with Gasteiger partial charge in [-0.25, -0.2) is 17.5 Å². The van der Waals surface area contributed by atoms with Crippen molar-refractivity contribution in [2.45, 2.75) is 23.8 Å². The fourth-order valence-electron chi connectivity index (χ4n) is 1.71. The van der Waals surface area contributed by atoms with Crippen LogP contribution in [0.1, 0.15) is 24.1 Å². The number of rotatable bonds is 5. The van der Waals surface area contributed by atoms with E-state index in [9.17, 15) is 12.8 Å². The molecule has 108 valence electrons. The van der Waals surface area contributed by atoms with E-state index >= 15 is 0 Å². The normalized spacial score (nSPS) is 13.3. The van der Waals surface area contributed by atoms with E-state index in [0.29, 0.717) is 11.1 Å². The van der Waals surface area contributed by atoms with Gasteiger partial charge in [0.1, 0.15) is 10.0 Å². The molecular formula is C13H14FNO3S2. The Morgan fingerprint density at radius 1 is 1.40 bits per heavy atom. The second-order valence-corrected chi connectivity index (χ2v) is 7.18. The Labute approximate surface area is 120 Å². The number of halogens is 1. The van der Waals surface area contributed by atoms with E-state index in [4.69, 9.17) is 5.11 Å². The third kappa shape index (κ3) is 3.43. The number of hydrogen-bond donors (Lipinski definition) is 2. The van der Waals surface area contributed by atoms with Crippen molar-refractivity contribution in [2.24, 2.45) is 0 Å². The number of aliphatic hydroxyl groups excluding tert-OH is 1. The van der Waals surface area contributed by atoms with Crippen LogP contribution in [-0.4, -0.2) is 13.5 Å². The summed E-state index contributed by atoms with van der Waals surface area (Å²) in [5.41, 5.74) is 1.10. The number of thiophene rings is 1. The molecule has 1 atom stereocenters. The van der Waals surface area contributed by atoms with Gasteiger partial charge in [0.2, 0.25) is 0 Å². The third-order valence-corrected chi connectivity index (χ3v) is 5.79. The maximum absolute atomic E-state index is 13.1. The molecular weight excluding hydrogens is 301 g/mol. The van der Waals surface area contributed by atoms with E-state index in [-0.39, 0.29) is 10.8 Å². The first kappa shape index (κ1) is 15.1. The highest BCUT2D eigenvalue weighted by Gasteiger charge is 2.20. The van der Waals surface area contributed by atoms with Gasteiger partial charge >= 0.3 is 0 Å². The predicted molar refractivity (Wildman–Crippen MR) is 75.4 cm³/mol. The lowest BCUT2D eigenvalue weighted by molar-refractivity contribution is 0.282. The number of hydrogen-bond acceptors (Lipinski definition) is 4. The zero-order valence-corrected chi connectivity index (χ0v) is 12.3. The fourth-order valence-corrected chi connectivity index (χ4v) is 4.16. The second-order valence-electron chi connectivity index (χ2n) is 4.33. The van der Waals surface area contributed by atoms with E-state index < -0.39 is 21.9 Å². The Bertz CT molecular complexity index is 697. The molecule has 1 heterocycles. The number of nitrogens with one attached hydrogen (secondary N) is 1. The molecule has 0 bridgehead atoms. The van der Waals surface area contributed by atoms with Gasteiger partial charge in [0, 0.05) is 6.04 Å². The molecule has 0 aliphatic carbocycles. The predicted octanol–water partition coefficient (Wildman–Crippen LogP) is 2.42. The number of aliphatic hydroxyl groups is 1. The van der Waals surface area contributed by atoms with Crippen molar-refractivity contribution in [3.63, 3.8) is 0 Å². The summed E-state index contributed by atoms with van der Waals surface area (Å²) in [5, 5.41) is 10.5. The van der Waals surface area contributed by atoms with Crippen LogP contribution in [0.25, 0.3) is 0 Å². The first-order valence-electron chi connectivity index (χ1n) is 5.88. The van der Waals surface area contributed by atoms with Gasteiger partial charge in [-0.1, -0.05) is 12.1 Å². The van der Waals surface area contributed by atoms with Crippen molar-refractivity contribution < 1.29 is 17.9 Å². The topological polar surface area (TPSA) is 66.4 Å². The van der Waals surface area contributed by atoms with Crippen LogP contribution in [0.3, 0.4) is 0 Å². The quantitative estimate of drug-likeness (QED) is 0.890. The van der Waals surface area contributed by atoms with Crippen molar-refractivity contribution in [1.82, 2.24) is 4.72 Å². The summed E-state index contributed by atoms with van der Waals surface area (Å²) >= 11 is 1.04. The van der Waals surface area contributed by atoms with Crippen molar-refractivity contribution >= 4 is 21.4 Å². The number of sulfonamides is 1. The summed E-state index contributed by atoms with van der Waals surface area (Å²) in [5.74, 6) is -0.410. The molecule has 4 nitrogen and oxygen atoms in total. The highest BCUT2D eigenvalue weighted by atomic mass is 32.2. The molecule has 1 aromatic heterocycles. The van der Waals surface area contributed by atoms with Crippen molar-refractivity contribution in [2.75, 3.05) is 0 Å². The van der Waals surface area contributed by atoms with Gasteiger partial charge in [-0.3, -0.25) is 0 Å². The molecule has 1 unspecified atom stereocenters. The molecule has 0 aliphatic rings. The minimum atomic E-state index is -3.67. The Balaban J connectivity index is 2.19. The first-order valence-corrected chi connectivity index (χ1v) is 8.25. The summed E-state index contributed by atoms with van der Waals surface area (Å²) in [7, 11) is -3.67. The van der Waals surface area contributed by atoms with Gasteiger partial charge in [0.25, 0.3) is 10.0 Å². The molecule has 0 aliphatic heterocycles. The average Bonchev–Trinajstić information content (AvgIpc) is 2.87. The van der Waals surface area contributed by atoms with E-state index in [1.165, 1.54) is 24.3 Å². The second kappa shape index (κ2) is 6.01.